The quantitative estimate of drug-likeness (QED) is 0.901. The molecule has 2 aromatic rings. The number of anilines is 1. The monoisotopic (exact) mass is 262 g/mol. The number of nitrogens with two attached hydrogens (primary N) is 1. The molecule has 2 aromatic heterocycles. The molecule has 0 aromatic carbocycles. The van der Waals surface area contributed by atoms with Crippen molar-refractivity contribution in [3.05, 3.63) is 23.3 Å². The topological polar surface area (TPSA) is 64.7 Å². The fraction of sp³-hybridized carbons (Fsp3) is 0.462. The summed E-state index contributed by atoms with van der Waals surface area (Å²) in [6.07, 6.45) is 1.74. The molecule has 0 aliphatic rings. The first-order valence-electron chi connectivity index (χ1n) is 5.93. The molecule has 0 unspecified atom stereocenters. The molecule has 0 aliphatic carbocycles. The SMILES string of the molecule is C[C@@H](c1nnc(-c2ccc(N)nc2)s1)C(C)(C)C. The Hall–Kier alpha value is -1.49. The van der Waals surface area contributed by atoms with Crippen molar-refractivity contribution in [1.82, 2.24) is 15.2 Å². The second-order valence-corrected chi connectivity index (χ2v) is 6.51. The maximum Gasteiger partial charge on any atom is 0.149 e. The Morgan fingerprint density at radius 2 is 1.94 bits per heavy atom. The smallest absolute Gasteiger partial charge is 0.149 e. The van der Waals surface area contributed by atoms with Gasteiger partial charge in [-0.15, -0.1) is 10.2 Å². The molecule has 0 saturated carbocycles. The van der Waals surface area contributed by atoms with Crippen molar-refractivity contribution in [3.8, 4) is 10.6 Å². The number of hydrogen-bond donors (Lipinski definition) is 1. The summed E-state index contributed by atoms with van der Waals surface area (Å²) in [4.78, 5) is 4.08. The van der Waals surface area contributed by atoms with Gasteiger partial charge in [-0.3, -0.25) is 0 Å². The van der Waals surface area contributed by atoms with Crippen LogP contribution in [0.2, 0.25) is 0 Å². The summed E-state index contributed by atoms with van der Waals surface area (Å²) in [5.41, 5.74) is 6.73. The molecule has 0 radical (unpaired) electrons. The highest BCUT2D eigenvalue weighted by Gasteiger charge is 2.25. The van der Waals surface area contributed by atoms with Gasteiger partial charge in [0.2, 0.25) is 0 Å². The van der Waals surface area contributed by atoms with Crippen molar-refractivity contribution in [3.63, 3.8) is 0 Å². The van der Waals surface area contributed by atoms with Gasteiger partial charge in [0, 0.05) is 17.7 Å². The lowest BCUT2D eigenvalue weighted by atomic mass is 9.83. The second-order valence-electron chi connectivity index (χ2n) is 5.50. The molecule has 0 saturated heterocycles. The highest BCUT2D eigenvalue weighted by atomic mass is 32.1. The molecule has 0 fully saturated rings. The minimum Gasteiger partial charge on any atom is -0.384 e. The van der Waals surface area contributed by atoms with Crippen LogP contribution in [0.3, 0.4) is 0 Å². The van der Waals surface area contributed by atoms with Gasteiger partial charge in [0.05, 0.1) is 0 Å². The zero-order valence-corrected chi connectivity index (χ0v) is 12.0. The molecule has 0 spiro atoms. The standard InChI is InChI=1S/C13H18N4S/c1-8(13(2,3)4)11-16-17-12(18-11)9-5-6-10(14)15-7-9/h5-8H,1-4H3,(H2,14,15)/t8-/m0/s1. The van der Waals surface area contributed by atoms with Crippen LogP contribution in [0.15, 0.2) is 18.3 Å². The molecule has 0 aliphatic heterocycles. The van der Waals surface area contributed by atoms with E-state index >= 15 is 0 Å². The van der Waals surface area contributed by atoms with Crippen molar-refractivity contribution in [2.24, 2.45) is 5.41 Å². The maximum atomic E-state index is 5.57. The van der Waals surface area contributed by atoms with Crippen LogP contribution in [0.1, 0.15) is 38.6 Å². The normalized spacial score (nSPS) is 13.6. The van der Waals surface area contributed by atoms with E-state index in [-0.39, 0.29) is 5.41 Å². The fourth-order valence-corrected chi connectivity index (χ4v) is 2.56. The summed E-state index contributed by atoms with van der Waals surface area (Å²) in [5, 5.41) is 10.5. The summed E-state index contributed by atoms with van der Waals surface area (Å²) < 4.78 is 0. The van der Waals surface area contributed by atoms with Gasteiger partial charge >= 0.3 is 0 Å². The van der Waals surface area contributed by atoms with Gasteiger partial charge < -0.3 is 5.73 Å². The van der Waals surface area contributed by atoms with Crippen molar-refractivity contribution >= 4 is 17.2 Å². The van der Waals surface area contributed by atoms with Crippen LogP contribution < -0.4 is 5.73 Å². The van der Waals surface area contributed by atoms with Gasteiger partial charge in [0.15, 0.2) is 0 Å². The van der Waals surface area contributed by atoms with Crippen LogP contribution >= 0.6 is 11.3 Å². The zero-order chi connectivity index (χ0) is 13.3. The van der Waals surface area contributed by atoms with Crippen LogP contribution in [0.25, 0.3) is 10.6 Å². The minimum absolute atomic E-state index is 0.191. The van der Waals surface area contributed by atoms with E-state index in [0.29, 0.717) is 11.7 Å². The van der Waals surface area contributed by atoms with Crippen molar-refractivity contribution in [2.45, 2.75) is 33.6 Å². The lowest BCUT2D eigenvalue weighted by Gasteiger charge is -2.24. The Kier molecular flexibility index (Phi) is 3.34. The van der Waals surface area contributed by atoms with E-state index in [4.69, 9.17) is 5.73 Å². The minimum atomic E-state index is 0.191. The third-order valence-corrected chi connectivity index (χ3v) is 4.30. The maximum absolute atomic E-state index is 5.57. The van der Waals surface area contributed by atoms with Crippen molar-refractivity contribution in [1.29, 1.82) is 0 Å². The number of rotatable bonds is 2. The molecular formula is C13H18N4S. The average molecular weight is 262 g/mol. The summed E-state index contributed by atoms with van der Waals surface area (Å²) in [6, 6.07) is 3.71. The van der Waals surface area contributed by atoms with Crippen LogP contribution in [-0.4, -0.2) is 15.2 Å². The largest absolute Gasteiger partial charge is 0.384 e. The highest BCUT2D eigenvalue weighted by molar-refractivity contribution is 7.14. The lowest BCUT2D eigenvalue weighted by molar-refractivity contribution is 0.337. The van der Waals surface area contributed by atoms with E-state index in [0.717, 1.165) is 15.6 Å². The van der Waals surface area contributed by atoms with Crippen molar-refractivity contribution < 1.29 is 0 Å². The fourth-order valence-electron chi connectivity index (χ4n) is 1.43. The first-order valence-corrected chi connectivity index (χ1v) is 6.75. The molecule has 1 atom stereocenters. The molecule has 0 amide bonds. The van der Waals surface area contributed by atoms with Crippen LogP contribution in [0, 0.1) is 5.41 Å². The molecular weight excluding hydrogens is 244 g/mol. The second kappa shape index (κ2) is 4.65. The average Bonchev–Trinajstić information content (AvgIpc) is 2.77. The third kappa shape index (κ3) is 2.67. The van der Waals surface area contributed by atoms with E-state index in [1.165, 1.54) is 0 Å². The molecule has 5 heteroatoms. The Bertz CT molecular complexity index is 525. The summed E-state index contributed by atoms with van der Waals surface area (Å²) in [5.74, 6) is 0.900. The first kappa shape index (κ1) is 13.0. The van der Waals surface area contributed by atoms with Gasteiger partial charge in [-0.25, -0.2) is 4.98 Å². The summed E-state index contributed by atoms with van der Waals surface area (Å²) in [7, 11) is 0. The molecule has 0 bridgehead atoms. The van der Waals surface area contributed by atoms with E-state index in [1.54, 1.807) is 23.6 Å². The van der Waals surface area contributed by atoms with Gasteiger partial charge in [-0.05, 0) is 17.5 Å². The van der Waals surface area contributed by atoms with Crippen LogP contribution in [0.4, 0.5) is 5.82 Å². The van der Waals surface area contributed by atoms with E-state index in [1.807, 2.05) is 6.07 Å². The molecule has 4 nitrogen and oxygen atoms in total. The Morgan fingerprint density at radius 1 is 1.22 bits per heavy atom. The lowest BCUT2D eigenvalue weighted by Crippen LogP contribution is -2.14. The Balaban J connectivity index is 2.28. The number of nitrogen functional groups attached to an aromatic ring is 1. The Morgan fingerprint density at radius 3 is 2.50 bits per heavy atom. The summed E-state index contributed by atoms with van der Waals surface area (Å²) >= 11 is 1.62. The number of nitrogens with zero attached hydrogens (tertiary/aromatic N) is 3. The predicted molar refractivity (Wildman–Crippen MR) is 75.4 cm³/mol. The molecule has 2 heterocycles. The van der Waals surface area contributed by atoms with Crippen molar-refractivity contribution in [2.75, 3.05) is 5.73 Å². The first-order chi connectivity index (χ1) is 8.38. The van der Waals surface area contributed by atoms with E-state index in [9.17, 15) is 0 Å². The molecule has 96 valence electrons. The number of aromatic nitrogens is 3. The Labute approximate surface area is 111 Å². The van der Waals surface area contributed by atoms with Crippen LogP contribution in [-0.2, 0) is 0 Å². The molecule has 18 heavy (non-hydrogen) atoms. The number of pyridine rings is 1. The molecule has 2 rings (SSSR count). The van der Waals surface area contributed by atoms with E-state index in [2.05, 4.69) is 42.9 Å². The molecule has 2 N–H and O–H groups in total. The van der Waals surface area contributed by atoms with Gasteiger partial charge in [-0.2, -0.15) is 0 Å². The van der Waals surface area contributed by atoms with Gasteiger partial charge in [-0.1, -0.05) is 39.0 Å². The number of hydrogen-bond acceptors (Lipinski definition) is 5. The zero-order valence-electron chi connectivity index (χ0n) is 11.1. The summed E-state index contributed by atoms with van der Waals surface area (Å²) in [6.45, 7) is 8.82. The predicted octanol–water partition coefficient (Wildman–Crippen LogP) is 3.33. The van der Waals surface area contributed by atoms with Gasteiger partial charge in [0.1, 0.15) is 15.8 Å². The van der Waals surface area contributed by atoms with Crippen LogP contribution in [0.5, 0.6) is 0 Å². The highest BCUT2D eigenvalue weighted by Crippen LogP contribution is 2.37. The third-order valence-electron chi connectivity index (χ3n) is 3.14. The van der Waals surface area contributed by atoms with E-state index < -0.39 is 0 Å². The van der Waals surface area contributed by atoms with Gasteiger partial charge in [0.25, 0.3) is 0 Å².